The van der Waals surface area contributed by atoms with E-state index < -0.39 is 37.7 Å². The maximum atomic E-state index is 11.9. The summed E-state index contributed by atoms with van der Waals surface area (Å²) in [7, 11) is 0. The number of halogens is 3. The van der Waals surface area contributed by atoms with Crippen molar-refractivity contribution in [1.82, 2.24) is 5.32 Å². The average molecular weight is 306 g/mol. The summed E-state index contributed by atoms with van der Waals surface area (Å²) >= 11 is 0. The van der Waals surface area contributed by atoms with Crippen molar-refractivity contribution in [1.29, 1.82) is 0 Å². The van der Waals surface area contributed by atoms with E-state index in [1.165, 1.54) is 24.3 Å². The van der Waals surface area contributed by atoms with Crippen molar-refractivity contribution in [3.8, 4) is 5.75 Å². The zero-order valence-electron chi connectivity index (χ0n) is 10.7. The molecule has 0 atom stereocenters. The first-order valence-electron chi connectivity index (χ1n) is 5.78. The molecule has 0 saturated heterocycles. The van der Waals surface area contributed by atoms with Gasteiger partial charge in [0.1, 0.15) is 5.75 Å². The number of anilines is 1. The molecule has 0 saturated carbocycles. The third kappa shape index (κ3) is 7.78. The zero-order chi connectivity index (χ0) is 15.9. The normalized spacial score (nSPS) is 11.0. The molecule has 0 spiro atoms. The molecule has 0 heterocycles. The van der Waals surface area contributed by atoms with E-state index in [9.17, 15) is 22.8 Å². The number of alkyl halides is 3. The van der Waals surface area contributed by atoms with Gasteiger partial charge in [0.15, 0.2) is 6.61 Å². The van der Waals surface area contributed by atoms with Gasteiger partial charge >= 0.3 is 12.1 Å². The number of nitrogens with one attached hydrogen (secondary N) is 2. The lowest BCUT2D eigenvalue weighted by atomic mass is 10.3. The first-order valence-corrected chi connectivity index (χ1v) is 5.78. The van der Waals surface area contributed by atoms with Crippen LogP contribution in [0.15, 0.2) is 24.3 Å². The minimum Gasteiger partial charge on any atom is -0.482 e. The molecular formula is C12H13F3N2O4. The molecule has 0 aliphatic rings. The highest BCUT2D eigenvalue weighted by atomic mass is 19.4. The highest BCUT2D eigenvalue weighted by Crippen LogP contribution is 2.17. The molecule has 1 amide bonds. The largest absolute Gasteiger partial charge is 0.482 e. The quantitative estimate of drug-likeness (QED) is 0.705. The van der Waals surface area contributed by atoms with Crippen LogP contribution in [0.3, 0.4) is 0 Å². The lowest BCUT2D eigenvalue weighted by molar-refractivity contribution is -0.139. The Morgan fingerprint density at radius 2 is 2.00 bits per heavy atom. The molecular weight excluding hydrogens is 293 g/mol. The predicted octanol–water partition coefficient (Wildman–Crippen LogP) is 1.24. The number of benzene rings is 1. The molecule has 0 aromatic heterocycles. The van der Waals surface area contributed by atoms with Crippen LogP contribution in [0, 0.1) is 0 Å². The summed E-state index contributed by atoms with van der Waals surface area (Å²) in [6.07, 6.45) is -4.38. The van der Waals surface area contributed by atoms with Gasteiger partial charge in [-0.3, -0.25) is 4.79 Å². The second kappa shape index (κ2) is 7.48. The summed E-state index contributed by atoms with van der Waals surface area (Å²) in [6.45, 7) is -2.30. The molecule has 0 aliphatic heterocycles. The van der Waals surface area contributed by atoms with Gasteiger partial charge in [-0.15, -0.1) is 0 Å². The monoisotopic (exact) mass is 306 g/mol. The third-order valence-electron chi connectivity index (χ3n) is 2.09. The standard InChI is InChI=1S/C12H13F3N2O4/c13-12(14,15)7-16-5-10(18)17-8-2-1-3-9(4-8)21-6-11(19)20/h1-4,16H,5-7H2,(H,17,18)(H,19,20). The maximum Gasteiger partial charge on any atom is 0.401 e. The van der Waals surface area contributed by atoms with Crippen molar-refractivity contribution in [3.63, 3.8) is 0 Å². The number of hydrogen-bond acceptors (Lipinski definition) is 4. The average Bonchev–Trinajstić information content (AvgIpc) is 2.35. The molecule has 9 heteroatoms. The molecule has 0 unspecified atom stereocenters. The summed E-state index contributed by atoms with van der Waals surface area (Å²) in [5.41, 5.74) is 0.289. The number of rotatable bonds is 7. The van der Waals surface area contributed by atoms with Crippen molar-refractivity contribution < 1.29 is 32.6 Å². The number of hydrogen-bond donors (Lipinski definition) is 3. The lowest BCUT2D eigenvalue weighted by Crippen LogP contribution is -2.35. The number of carboxylic acids is 1. The van der Waals surface area contributed by atoms with Crippen LogP contribution in [0.5, 0.6) is 5.75 Å². The summed E-state index contributed by atoms with van der Waals surface area (Å²) < 4.78 is 40.5. The smallest absolute Gasteiger partial charge is 0.401 e. The molecule has 6 nitrogen and oxygen atoms in total. The van der Waals surface area contributed by atoms with Crippen LogP contribution in [-0.4, -0.2) is 42.9 Å². The zero-order valence-corrected chi connectivity index (χ0v) is 10.7. The van der Waals surface area contributed by atoms with E-state index in [-0.39, 0.29) is 11.4 Å². The molecule has 0 fully saturated rings. The number of carboxylic acid groups (broad SMARTS) is 1. The van der Waals surface area contributed by atoms with Crippen molar-refractivity contribution in [2.45, 2.75) is 6.18 Å². The van der Waals surface area contributed by atoms with Crippen LogP contribution < -0.4 is 15.4 Å². The van der Waals surface area contributed by atoms with Crippen LogP contribution in [-0.2, 0) is 9.59 Å². The number of carbonyl (C=O) groups is 2. The van der Waals surface area contributed by atoms with Gasteiger partial charge in [0.2, 0.25) is 5.91 Å². The van der Waals surface area contributed by atoms with Crippen molar-refractivity contribution >= 4 is 17.6 Å². The Hall–Kier alpha value is -2.29. The minimum atomic E-state index is -4.38. The Kier molecular flexibility index (Phi) is 5.97. The van der Waals surface area contributed by atoms with Crippen LogP contribution >= 0.6 is 0 Å². The lowest BCUT2D eigenvalue weighted by Gasteiger charge is -2.10. The van der Waals surface area contributed by atoms with Gasteiger partial charge in [0.25, 0.3) is 0 Å². The highest BCUT2D eigenvalue weighted by molar-refractivity contribution is 5.92. The highest BCUT2D eigenvalue weighted by Gasteiger charge is 2.26. The molecule has 0 aliphatic carbocycles. The van der Waals surface area contributed by atoms with Gasteiger partial charge in [-0.25, -0.2) is 4.79 Å². The van der Waals surface area contributed by atoms with Crippen molar-refractivity contribution in [3.05, 3.63) is 24.3 Å². The maximum absolute atomic E-state index is 11.9. The summed E-state index contributed by atoms with van der Waals surface area (Å²) in [5.74, 6) is -1.59. The summed E-state index contributed by atoms with van der Waals surface area (Å²) in [6, 6.07) is 5.86. The van der Waals surface area contributed by atoms with Gasteiger partial charge in [0, 0.05) is 11.8 Å². The van der Waals surface area contributed by atoms with E-state index in [4.69, 9.17) is 9.84 Å². The van der Waals surface area contributed by atoms with E-state index >= 15 is 0 Å². The van der Waals surface area contributed by atoms with Gasteiger partial charge in [-0.05, 0) is 12.1 Å². The van der Waals surface area contributed by atoms with E-state index in [1.807, 2.05) is 5.32 Å². The van der Waals surface area contributed by atoms with Crippen molar-refractivity contribution in [2.24, 2.45) is 0 Å². The molecule has 1 aromatic rings. The molecule has 1 rings (SSSR count). The second-order valence-corrected chi connectivity index (χ2v) is 3.98. The first kappa shape index (κ1) is 16.8. The van der Waals surface area contributed by atoms with Gasteiger partial charge in [0.05, 0.1) is 13.1 Å². The Morgan fingerprint density at radius 3 is 2.62 bits per heavy atom. The van der Waals surface area contributed by atoms with Crippen LogP contribution in [0.4, 0.5) is 18.9 Å². The Morgan fingerprint density at radius 1 is 1.29 bits per heavy atom. The number of aliphatic carboxylic acids is 1. The van der Waals surface area contributed by atoms with Gasteiger partial charge in [-0.2, -0.15) is 13.2 Å². The number of carbonyl (C=O) groups excluding carboxylic acids is 1. The van der Waals surface area contributed by atoms with Crippen LogP contribution in [0.25, 0.3) is 0 Å². The molecule has 3 N–H and O–H groups in total. The topological polar surface area (TPSA) is 87.7 Å². The summed E-state index contributed by atoms with van der Waals surface area (Å²) in [5, 5.41) is 12.8. The molecule has 0 bridgehead atoms. The van der Waals surface area contributed by atoms with E-state index in [0.717, 1.165) is 0 Å². The first-order chi connectivity index (χ1) is 9.76. The minimum absolute atomic E-state index is 0.221. The Labute approximate surface area is 117 Å². The second-order valence-electron chi connectivity index (χ2n) is 3.98. The van der Waals surface area contributed by atoms with E-state index in [2.05, 4.69) is 5.32 Å². The Balaban J connectivity index is 2.45. The molecule has 1 aromatic carbocycles. The fourth-order valence-corrected chi connectivity index (χ4v) is 1.33. The summed E-state index contributed by atoms with van der Waals surface area (Å²) in [4.78, 5) is 21.7. The fourth-order valence-electron chi connectivity index (χ4n) is 1.33. The van der Waals surface area contributed by atoms with E-state index in [1.54, 1.807) is 0 Å². The Bertz CT molecular complexity index is 506. The van der Waals surface area contributed by atoms with Gasteiger partial charge < -0.3 is 20.5 Å². The van der Waals surface area contributed by atoms with Crippen LogP contribution in [0.1, 0.15) is 0 Å². The molecule has 0 radical (unpaired) electrons. The SMILES string of the molecule is O=C(O)COc1cccc(NC(=O)CNCC(F)(F)F)c1. The molecule has 116 valence electrons. The van der Waals surface area contributed by atoms with Gasteiger partial charge in [-0.1, -0.05) is 6.07 Å². The third-order valence-corrected chi connectivity index (χ3v) is 2.09. The number of ether oxygens (including phenoxy) is 1. The van der Waals surface area contributed by atoms with Crippen LogP contribution in [0.2, 0.25) is 0 Å². The van der Waals surface area contributed by atoms with Crippen molar-refractivity contribution in [2.75, 3.05) is 25.0 Å². The molecule has 21 heavy (non-hydrogen) atoms. The predicted molar refractivity (Wildman–Crippen MR) is 67.1 cm³/mol. The number of amides is 1. The van der Waals surface area contributed by atoms with E-state index in [0.29, 0.717) is 0 Å². The fraction of sp³-hybridized carbons (Fsp3) is 0.333.